The highest BCUT2D eigenvalue weighted by molar-refractivity contribution is 9.09. The van der Waals surface area contributed by atoms with Gasteiger partial charge in [-0.3, -0.25) is 0 Å². The highest BCUT2D eigenvalue weighted by Crippen LogP contribution is 2.24. The maximum absolute atomic E-state index is 4.97. The molecule has 0 N–H and O–H groups in total. The maximum atomic E-state index is 4.97. The van der Waals surface area contributed by atoms with Gasteiger partial charge >= 0.3 is 0 Å². The van der Waals surface area contributed by atoms with Crippen LogP contribution in [0.25, 0.3) is 0 Å². The van der Waals surface area contributed by atoms with E-state index in [0.29, 0.717) is 5.41 Å². The van der Waals surface area contributed by atoms with Crippen molar-refractivity contribution in [2.45, 2.75) is 26.7 Å². The van der Waals surface area contributed by atoms with E-state index in [2.05, 4.69) is 29.8 Å². The zero-order chi connectivity index (χ0) is 8.04. The fourth-order valence-corrected chi connectivity index (χ4v) is 1.04. The van der Waals surface area contributed by atoms with Crippen LogP contribution >= 0.6 is 15.9 Å². The van der Waals surface area contributed by atoms with E-state index in [-0.39, 0.29) is 0 Å². The minimum absolute atomic E-state index is 0.429. The molecule has 0 heterocycles. The molecule has 1 nitrogen and oxygen atoms in total. The first-order valence-corrected chi connectivity index (χ1v) is 4.79. The Morgan fingerprint density at radius 1 is 1.40 bits per heavy atom. The number of rotatable bonds is 5. The van der Waals surface area contributed by atoms with Gasteiger partial charge in [-0.1, -0.05) is 29.8 Å². The number of ether oxygens (including phenoxy) is 1. The molecule has 10 heavy (non-hydrogen) atoms. The zero-order valence-electron chi connectivity index (χ0n) is 7.11. The summed E-state index contributed by atoms with van der Waals surface area (Å²) in [4.78, 5) is 0. The monoisotopic (exact) mass is 208 g/mol. The van der Waals surface area contributed by atoms with Gasteiger partial charge in [0.15, 0.2) is 0 Å². The summed E-state index contributed by atoms with van der Waals surface area (Å²) in [5.74, 6) is 0. The molecule has 0 rings (SSSR count). The van der Waals surface area contributed by atoms with Crippen molar-refractivity contribution in [1.29, 1.82) is 0 Å². The smallest absolute Gasteiger partial charge is 0.0462 e. The lowest BCUT2D eigenvalue weighted by molar-refractivity contribution is 0.180. The Morgan fingerprint density at radius 2 is 2.00 bits per heavy atom. The van der Waals surface area contributed by atoms with Crippen LogP contribution in [0.5, 0.6) is 0 Å². The molecular formula is C8H17BrO. The van der Waals surface area contributed by atoms with E-state index in [1.54, 1.807) is 7.11 Å². The number of alkyl halides is 1. The standard InChI is InChI=1S/C8H17BrO/c1-8(2,7-9)5-4-6-10-3/h4-7H2,1-3H3. The molecule has 0 fully saturated rings. The Balaban J connectivity index is 3.28. The summed E-state index contributed by atoms with van der Waals surface area (Å²) in [5.41, 5.74) is 0.429. The van der Waals surface area contributed by atoms with Crippen LogP contribution in [0.3, 0.4) is 0 Å². The summed E-state index contributed by atoms with van der Waals surface area (Å²) in [7, 11) is 1.75. The Bertz CT molecular complexity index is 81.3. The van der Waals surface area contributed by atoms with E-state index in [1.165, 1.54) is 6.42 Å². The first-order valence-electron chi connectivity index (χ1n) is 3.67. The molecule has 0 aliphatic carbocycles. The van der Waals surface area contributed by atoms with Gasteiger partial charge in [0.1, 0.15) is 0 Å². The minimum atomic E-state index is 0.429. The van der Waals surface area contributed by atoms with E-state index >= 15 is 0 Å². The molecule has 0 aliphatic heterocycles. The van der Waals surface area contributed by atoms with E-state index in [1.807, 2.05) is 0 Å². The first kappa shape index (κ1) is 10.4. The number of hydrogen-bond donors (Lipinski definition) is 0. The first-order chi connectivity index (χ1) is 4.62. The predicted molar refractivity (Wildman–Crippen MR) is 48.7 cm³/mol. The van der Waals surface area contributed by atoms with Crippen LogP contribution < -0.4 is 0 Å². The van der Waals surface area contributed by atoms with Crippen LogP contribution in [-0.2, 0) is 4.74 Å². The Hall–Kier alpha value is 0.440. The van der Waals surface area contributed by atoms with Gasteiger partial charge in [-0.25, -0.2) is 0 Å². The van der Waals surface area contributed by atoms with Crippen LogP contribution in [0.1, 0.15) is 26.7 Å². The summed E-state index contributed by atoms with van der Waals surface area (Å²) in [6, 6.07) is 0. The number of methoxy groups -OCH3 is 1. The molecule has 0 aromatic carbocycles. The quantitative estimate of drug-likeness (QED) is 0.499. The van der Waals surface area contributed by atoms with E-state index in [0.717, 1.165) is 18.4 Å². The summed E-state index contributed by atoms with van der Waals surface area (Å²) < 4.78 is 4.97. The number of halogens is 1. The lowest BCUT2D eigenvalue weighted by Gasteiger charge is -2.20. The average Bonchev–Trinajstić information content (AvgIpc) is 1.89. The average molecular weight is 209 g/mol. The molecule has 0 amide bonds. The van der Waals surface area contributed by atoms with Crippen molar-refractivity contribution in [2.24, 2.45) is 5.41 Å². The molecule has 0 saturated carbocycles. The molecular weight excluding hydrogens is 192 g/mol. The lowest BCUT2D eigenvalue weighted by atomic mass is 9.91. The topological polar surface area (TPSA) is 9.23 Å². The van der Waals surface area contributed by atoms with Crippen molar-refractivity contribution in [3.05, 3.63) is 0 Å². The molecule has 0 aromatic rings. The fourth-order valence-electron chi connectivity index (χ4n) is 0.762. The SMILES string of the molecule is COCCCC(C)(C)CBr. The van der Waals surface area contributed by atoms with Crippen molar-refractivity contribution < 1.29 is 4.74 Å². The van der Waals surface area contributed by atoms with Gasteiger partial charge in [-0.05, 0) is 18.3 Å². The third kappa shape index (κ3) is 5.24. The fraction of sp³-hybridized carbons (Fsp3) is 1.00. The van der Waals surface area contributed by atoms with Crippen molar-refractivity contribution in [1.82, 2.24) is 0 Å². The maximum Gasteiger partial charge on any atom is 0.0462 e. The lowest BCUT2D eigenvalue weighted by Crippen LogP contribution is -2.13. The molecule has 2 heteroatoms. The number of hydrogen-bond acceptors (Lipinski definition) is 1. The van der Waals surface area contributed by atoms with Crippen LogP contribution in [0, 0.1) is 5.41 Å². The van der Waals surface area contributed by atoms with Gasteiger partial charge in [-0.2, -0.15) is 0 Å². The van der Waals surface area contributed by atoms with Gasteiger partial charge in [0, 0.05) is 19.0 Å². The van der Waals surface area contributed by atoms with Crippen LogP contribution in [0.4, 0.5) is 0 Å². The van der Waals surface area contributed by atoms with Crippen LogP contribution in [-0.4, -0.2) is 19.0 Å². The normalized spacial score (nSPS) is 12.0. The van der Waals surface area contributed by atoms with Crippen molar-refractivity contribution in [3.8, 4) is 0 Å². The minimum Gasteiger partial charge on any atom is -0.385 e. The molecule has 0 aliphatic rings. The third-order valence-corrected chi connectivity index (χ3v) is 3.08. The Morgan fingerprint density at radius 3 is 2.40 bits per heavy atom. The highest BCUT2D eigenvalue weighted by atomic mass is 79.9. The second kappa shape index (κ2) is 5.14. The second-order valence-corrected chi connectivity index (χ2v) is 3.95. The largest absolute Gasteiger partial charge is 0.385 e. The van der Waals surface area contributed by atoms with Crippen molar-refractivity contribution in [3.63, 3.8) is 0 Å². The molecule has 0 aromatic heterocycles. The van der Waals surface area contributed by atoms with Crippen molar-refractivity contribution >= 4 is 15.9 Å². The van der Waals surface area contributed by atoms with Gasteiger partial charge < -0.3 is 4.74 Å². The van der Waals surface area contributed by atoms with Gasteiger partial charge in [0.2, 0.25) is 0 Å². The molecule has 0 radical (unpaired) electrons. The molecule has 0 spiro atoms. The van der Waals surface area contributed by atoms with Gasteiger partial charge in [-0.15, -0.1) is 0 Å². The van der Waals surface area contributed by atoms with Gasteiger partial charge in [0.05, 0.1) is 0 Å². The molecule has 0 atom stereocenters. The third-order valence-electron chi connectivity index (χ3n) is 1.56. The predicted octanol–water partition coefficient (Wildman–Crippen LogP) is 2.83. The highest BCUT2D eigenvalue weighted by Gasteiger charge is 2.14. The molecule has 0 unspecified atom stereocenters. The zero-order valence-corrected chi connectivity index (χ0v) is 8.70. The summed E-state index contributed by atoms with van der Waals surface area (Å²) >= 11 is 3.48. The van der Waals surface area contributed by atoms with Crippen LogP contribution in [0.2, 0.25) is 0 Å². The summed E-state index contributed by atoms with van der Waals surface area (Å²) in [6.07, 6.45) is 2.39. The Kier molecular flexibility index (Phi) is 5.36. The van der Waals surface area contributed by atoms with E-state index in [9.17, 15) is 0 Å². The summed E-state index contributed by atoms with van der Waals surface area (Å²) in [6.45, 7) is 5.41. The van der Waals surface area contributed by atoms with Gasteiger partial charge in [0.25, 0.3) is 0 Å². The van der Waals surface area contributed by atoms with Crippen LogP contribution in [0.15, 0.2) is 0 Å². The molecule has 0 bridgehead atoms. The molecule has 0 saturated heterocycles. The van der Waals surface area contributed by atoms with E-state index in [4.69, 9.17) is 4.74 Å². The summed E-state index contributed by atoms with van der Waals surface area (Å²) in [5, 5.41) is 1.07. The Labute approximate surface area is 72.3 Å². The van der Waals surface area contributed by atoms with Crippen molar-refractivity contribution in [2.75, 3.05) is 19.0 Å². The van der Waals surface area contributed by atoms with E-state index < -0.39 is 0 Å². The molecule has 62 valence electrons. The second-order valence-electron chi connectivity index (χ2n) is 3.39.